The van der Waals surface area contributed by atoms with E-state index in [-0.39, 0.29) is 18.4 Å². The molecule has 45 heavy (non-hydrogen) atoms. The summed E-state index contributed by atoms with van der Waals surface area (Å²) in [4.78, 5) is 21.3. The number of aliphatic carboxylic acids is 1. The Bertz CT molecular complexity index is 1300. The number of carboxylic acid groups (broad SMARTS) is 1. The number of carboxylic acids is 1. The molecule has 0 aliphatic carbocycles. The lowest BCUT2D eigenvalue weighted by Crippen LogP contribution is -2.22. The molecule has 11 nitrogen and oxygen atoms in total. The average molecular weight is 626 g/mol. The lowest BCUT2D eigenvalue weighted by molar-refractivity contribution is -0.134. The molecule has 246 valence electrons. The van der Waals surface area contributed by atoms with Gasteiger partial charge in [-0.1, -0.05) is 43.2 Å². The standard InChI is InChI=1S/C32H43N3O6.C2H4O2/c1-24-8-6-10-28(18-24)34-32(39)35-29-11-7-9-25(19-29)23-41-17-16-40-15-5-3-2-4-14-33-21-31(38)26-12-13-30(37)27(20-26)22-36;1-2(3)4/h6-13,18-20,31,33,36-38H,2-5,14-17,21-23H2,1H3,(H2,34,35,39);1H3,(H,3,4)/t31-;/m0./s1. The number of aliphatic hydroxyl groups excluding tert-OH is 2. The predicted octanol–water partition coefficient (Wildman–Crippen LogP) is 5.34. The van der Waals surface area contributed by atoms with Gasteiger partial charge in [0.05, 0.1) is 32.5 Å². The van der Waals surface area contributed by atoms with Crippen molar-refractivity contribution in [2.45, 2.75) is 58.8 Å². The highest BCUT2D eigenvalue weighted by Crippen LogP contribution is 2.22. The molecule has 7 N–H and O–H groups in total. The van der Waals surface area contributed by atoms with E-state index in [0.717, 1.165) is 56.0 Å². The third-order valence-corrected chi connectivity index (χ3v) is 6.49. The van der Waals surface area contributed by atoms with Crippen molar-refractivity contribution in [3.63, 3.8) is 0 Å². The first-order chi connectivity index (χ1) is 21.7. The number of carbonyl (C=O) groups is 2. The van der Waals surface area contributed by atoms with Crippen LogP contribution in [0.5, 0.6) is 5.75 Å². The maximum atomic E-state index is 12.3. The van der Waals surface area contributed by atoms with Crippen molar-refractivity contribution in [2.24, 2.45) is 0 Å². The summed E-state index contributed by atoms with van der Waals surface area (Å²) in [6.45, 7) is 6.19. The number of anilines is 2. The summed E-state index contributed by atoms with van der Waals surface area (Å²) in [6.07, 6.45) is 3.45. The molecule has 0 aliphatic heterocycles. The van der Waals surface area contributed by atoms with Gasteiger partial charge in [-0.15, -0.1) is 0 Å². The Balaban J connectivity index is 0.00000166. The zero-order valence-corrected chi connectivity index (χ0v) is 26.1. The molecule has 1 atom stereocenters. The van der Waals surface area contributed by atoms with Gasteiger partial charge in [0.25, 0.3) is 5.97 Å². The van der Waals surface area contributed by atoms with Crippen molar-refractivity contribution in [1.29, 1.82) is 0 Å². The highest BCUT2D eigenvalue weighted by Gasteiger charge is 2.10. The van der Waals surface area contributed by atoms with Crippen molar-refractivity contribution < 1.29 is 39.5 Å². The van der Waals surface area contributed by atoms with Crippen LogP contribution in [-0.2, 0) is 27.5 Å². The largest absolute Gasteiger partial charge is 0.508 e. The first kappa shape index (κ1) is 37.2. The molecular weight excluding hydrogens is 578 g/mol. The van der Waals surface area contributed by atoms with E-state index in [1.54, 1.807) is 12.1 Å². The smallest absolute Gasteiger partial charge is 0.323 e. The first-order valence-corrected chi connectivity index (χ1v) is 15.1. The minimum absolute atomic E-state index is 0.0324. The molecule has 11 heteroatoms. The molecule has 3 aromatic carbocycles. The van der Waals surface area contributed by atoms with Crippen LogP contribution in [0, 0.1) is 6.92 Å². The van der Waals surface area contributed by atoms with Crippen LogP contribution in [0.25, 0.3) is 0 Å². The second-order valence-electron chi connectivity index (χ2n) is 10.5. The molecule has 0 fully saturated rings. The number of ether oxygens (including phenoxy) is 2. The molecule has 0 unspecified atom stereocenters. The maximum absolute atomic E-state index is 12.3. The monoisotopic (exact) mass is 625 g/mol. The highest BCUT2D eigenvalue weighted by atomic mass is 16.5. The van der Waals surface area contributed by atoms with E-state index in [4.69, 9.17) is 19.4 Å². The Morgan fingerprint density at radius 3 is 2.22 bits per heavy atom. The summed E-state index contributed by atoms with van der Waals surface area (Å²) >= 11 is 0. The van der Waals surface area contributed by atoms with Gasteiger partial charge in [-0.3, -0.25) is 4.79 Å². The number of amides is 2. The molecule has 0 aromatic heterocycles. The van der Waals surface area contributed by atoms with Crippen molar-refractivity contribution in [1.82, 2.24) is 5.32 Å². The highest BCUT2D eigenvalue weighted by molar-refractivity contribution is 5.99. The lowest BCUT2D eigenvalue weighted by Gasteiger charge is -2.14. The number of aliphatic hydroxyl groups is 2. The number of nitrogens with one attached hydrogen (secondary N) is 3. The fourth-order valence-electron chi connectivity index (χ4n) is 4.27. The van der Waals surface area contributed by atoms with E-state index in [2.05, 4.69) is 16.0 Å². The molecule has 0 radical (unpaired) electrons. The molecule has 2 amide bonds. The second kappa shape index (κ2) is 21.7. The molecular formula is C34H47N3O8. The molecule has 3 rings (SSSR count). The molecule has 0 bridgehead atoms. The van der Waals surface area contributed by atoms with Crippen LogP contribution >= 0.6 is 0 Å². The van der Waals surface area contributed by atoms with Crippen LogP contribution in [0.15, 0.2) is 66.7 Å². The normalized spacial score (nSPS) is 11.3. The second-order valence-corrected chi connectivity index (χ2v) is 10.5. The molecule has 0 heterocycles. The number of unbranched alkanes of at least 4 members (excludes halogenated alkanes) is 3. The van der Waals surface area contributed by atoms with E-state index in [0.29, 0.717) is 49.8 Å². The van der Waals surface area contributed by atoms with Crippen LogP contribution in [0.1, 0.15) is 61.0 Å². The van der Waals surface area contributed by atoms with Crippen molar-refractivity contribution >= 4 is 23.4 Å². The summed E-state index contributed by atoms with van der Waals surface area (Å²) < 4.78 is 11.4. The Hall–Kier alpha value is -4.00. The van der Waals surface area contributed by atoms with Gasteiger partial charge in [-0.05, 0) is 79.4 Å². The van der Waals surface area contributed by atoms with Crippen molar-refractivity contribution in [2.75, 3.05) is 43.5 Å². The van der Waals surface area contributed by atoms with Crippen molar-refractivity contribution in [3.05, 3.63) is 89.0 Å². The third kappa shape index (κ3) is 16.6. The van der Waals surface area contributed by atoms with E-state index in [9.17, 15) is 20.1 Å². The van der Waals surface area contributed by atoms with Gasteiger partial charge < -0.3 is 45.9 Å². The van der Waals surface area contributed by atoms with Crippen LogP contribution < -0.4 is 16.0 Å². The van der Waals surface area contributed by atoms with Crippen LogP contribution in [0.2, 0.25) is 0 Å². The van der Waals surface area contributed by atoms with Crippen LogP contribution in [0.4, 0.5) is 16.2 Å². The predicted molar refractivity (Wildman–Crippen MR) is 174 cm³/mol. The van der Waals surface area contributed by atoms with Gasteiger partial charge in [0.1, 0.15) is 5.75 Å². The Labute approximate surface area is 265 Å². The topological polar surface area (TPSA) is 170 Å². The molecule has 0 saturated heterocycles. The summed E-state index contributed by atoms with van der Waals surface area (Å²) in [5, 5.41) is 45.5. The van der Waals surface area contributed by atoms with E-state index in [1.807, 2.05) is 55.5 Å². The summed E-state index contributed by atoms with van der Waals surface area (Å²) in [6, 6.07) is 19.7. The van der Waals surface area contributed by atoms with Crippen molar-refractivity contribution in [3.8, 4) is 5.75 Å². The van der Waals surface area contributed by atoms with E-state index in [1.165, 1.54) is 6.07 Å². The molecule has 3 aromatic rings. The minimum atomic E-state index is -0.833. The third-order valence-electron chi connectivity index (χ3n) is 6.49. The number of rotatable bonds is 18. The molecule has 0 saturated carbocycles. The number of benzene rings is 3. The fourth-order valence-corrected chi connectivity index (χ4v) is 4.27. The lowest BCUT2D eigenvalue weighted by atomic mass is 10.1. The first-order valence-electron chi connectivity index (χ1n) is 15.1. The number of aryl methyl sites for hydroxylation is 1. The number of phenols is 1. The summed E-state index contributed by atoms with van der Waals surface area (Å²) in [5.41, 5.74) is 4.58. The summed E-state index contributed by atoms with van der Waals surface area (Å²) in [5.74, 6) is -0.801. The number of carbonyl (C=O) groups excluding carboxylic acids is 1. The number of urea groups is 1. The number of hydrogen-bond donors (Lipinski definition) is 7. The van der Waals surface area contributed by atoms with E-state index >= 15 is 0 Å². The van der Waals surface area contributed by atoms with Crippen LogP contribution in [-0.4, -0.2) is 65.3 Å². The Morgan fingerprint density at radius 1 is 0.844 bits per heavy atom. The maximum Gasteiger partial charge on any atom is 0.323 e. The van der Waals surface area contributed by atoms with E-state index < -0.39 is 12.1 Å². The van der Waals surface area contributed by atoms with Gasteiger partial charge in [0.15, 0.2) is 0 Å². The van der Waals surface area contributed by atoms with Gasteiger partial charge in [0, 0.05) is 37.0 Å². The zero-order valence-electron chi connectivity index (χ0n) is 26.1. The SMILES string of the molecule is CC(=O)O.Cc1cccc(NC(=O)Nc2cccc(COCCOCCCCCCNC[C@H](O)c3ccc(O)c(CO)c3)c2)c1. The zero-order chi connectivity index (χ0) is 32.9. The molecule has 0 aliphatic rings. The molecule has 0 spiro atoms. The van der Waals surface area contributed by atoms with Gasteiger partial charge in [-0.25, -0.2) is 4.79 Å². The average Bonchev–Trinajstić information content (AvgIpc) is 2.99. The van der Waals surface area contributed by atoms with Crippen LogP contribution in [0.3, 0.4) is 0 Å². The number of hydrogen-bond acceptors (Lipinski definition) is 8. The Morgan fingerprint density at radius 2 is 1.51 bits per heavy atom. The summed E-state index contributed by atoms with van der Waals surface area (Å²) in [7, 11) is 0. The van der Waals surface area contributed by atoms with Gasteiger partial charge in [-0.2, -0.15) is 0 Å². The quantitative estimate of drug-likeness (QED) is 0.0922. The fraction of sp³-hybridized carbons (Fsp3) is 0.412. The number of aromatic hydroxyl groups is 1. The minimum Gasteiger partial charge on any atom is -0.508 e. The van der Waals surface area contributed by atoms with Gasteiger partial charge >= 0.3 is 6.03 Å². The van der Waals surface area contributed by atoms with Gasteiger partial charge in [0.2, 0.25) is 0 Å². The Kier molecular flexibility index (Phi) is 17.9.